The van der Waals surface area contributed by atoms with E-state index in [1.165, 1.54) is 0 Å². The van der Waals surface area contributed by atoms with E-state index in [1.54, 1.807) is 0 Å². The second-order valence-corrected chi connectivity index (χ2v) is 2.58. The van der Waals surface area contributed by atoms with Crippen LogP contribution in [-0.4, -0.2) is 29.6 Å². The summed E-state index contributed by atoms with van der Waals surface area (Å²) in [6.07, 6.45) is -11.7. The van der Waals surface area contributed by atoms with Gasteiger partial charge in [-0.25, -0.2) is 4.39 Å². The van der Waals surface area contributed by atoms with Gasteiger partial charge in [-0.3, -0.25) is 0 Å². The number of hydrogen-bond acceptors (Lipinski definition) is 1. The van der Waals surface area contributed by atoms with Gasteiger partial charge in [0.25, 0.3) is 0 Å². The molecule has 0 aromatic rings. The number of hydrogen-bond donors (Lipinski definition) is 0. The van der Waals surface area contributed by atoms with Crippen LogP contribution in [0.3, 0.4) is 0 Å². The minimum atomic E-state index is -6.30. The lowest BCUT2D eigenvalue weighted by Gasteiger charge is -2.29. The van der Waals surface area contributed by atoms with E-state index in [-0.39, 0.29) is 0 Å². The maximum absolute atomic E-state index is 12.4. The van der Waals surface area contributed by atoms with Crippen LogP contribution < -0.4 is 0 Å². The summed E-state index contributed by atoms with van der Waals surface area (Å²) >= 11 is 0. The molecular weight excluding hydrogens is 257 g/mol. The van der Waals surface area contributed by atoms with Gasteiger partial charge in [0, 0.05) is 5.12 Å². The molecule has 1 nitrogen and oxygen atoms in total. The molecule has 0 aromatic heterocycles. The first-order chi connectivity index (χ1) is 6.87. The number of halogens is 9. The molecule has 0 saturated carbocycles. The zero-order valence-corrected chi connectivity index (χ0v) is 7.21. The number of rotatable bonds is 4. The van der Waals surface area contributed by atoms with Crippen LogP contribution in [0.1, 0.15) is 0 Å². The first-order valence-corrected chi connectivity index (χ1v) is 3.43. The Kier molecular flexibility index (Phi) is 3.91. The average molecular weight is 261 g/mol. The fourth-order valence-electron chi connectivity index (χ4n) is 0.604. The Morgan fingerprint density at radius 2 is 1.38 bits per heavy atom. The van der Waals surface area contributed by atoms with E-state index in [4.69, 9.17) is 0 Å². The van der Waals surface area contributed by atoms with Gasteiger partial charge in [-0.1, -0.05) is 6.58 Å². The van der Waals surface area contributed by atoms with Crippen LogP contribution in [0, 0.1) is 0 Å². The van der Waals surface area contributed by atoms with Crippen LogP contribution in [0.5, 0.6) is 0 Å². The standard InChI is InChI=1S/C6H4F9N/c1-2-4(8,9)3(7)5(10,11)16(15)6(12,13)14/h2-3H,1H2. The Morgan fingerprint density at radius 3 is 1.62 bits per heavy atom. The predicted octanol–water partition coefficient (Wildman–Crippen LogP) is 3.44. The lowest BCUT2D eigenvalue weighted by Crippen LogP contribution is -2.55. The van der Waals surface area contributed by atoms with Crippen LogP contribution in [0.25, 0.3) is 0 Å². The van der Waals surface area contributed by atoms with Gasteiger partial charge < -0.3 is 0 Å². The van der Waals surface area contributed by atoms with Gasteiger partial charge in [-0.2, -0.15) is 30.7 Å². The Morgan fingerprint density at radius 1 is 1.00 bits per heavy atom. The van der Waals surface area contributed by atoms with Crippen molar-refractivity contribution >= 4 is 0 Å². The Balaban J connectivity index is 5.14. The van der Waals surface area contributed by atoms with Crippen molar-refractivity contribution in [3.63, 3.8) is 0 Å². The first kappa shape index (κ1) is 15.1. The molecule has 1 unspecified atom stereocenters. The molecular formula is C6H4F9N. The SMILES string of the molecule is C=CC(F)(F)C(F)C(F)(F)N(F)C(F)(F)F. The normalized spacial score (nSPS) is 16.4. The fourth-order valence-corrected chi connectivity index (χ4v) is 0.604. The van der Waals surface area contributed by atoms with Gasteiger partial charge in [0.15, 0.2) is 0 Å². The van der Waals surface area contributed by atoms with E-state index >= 15 is 0 Å². The molecule has 0 radical (unpaired) electrons. The van der Waals surface area contributed by atoms with Crippen LogP contribution >= 0.6 is 0 Å². The first-order valence-electron chi connectivity index (χ1n) is 3.43. The van der Waals surface area contributed by atoms with Gasteiger partial charge in [-0.05, 0) is 6.08 Å². The third-order valence-electron chi connectivity index (χ3n) is 1.40. The zero-order valence-electron chi connectivity index (χ0n) is 7.21. The van der Waals surface area contributed by atoms with E-state index in [0.717, 1.165) is 0 Å². The van der Waals surface area contributed by atoms with Crippen molar-refractivity contribution in [2.45, 2.75) is 24.4 Å². The van der Waals surface area contributed by atoms with Crippen molar-refractivity contribution in [2.75, 3.05) is 0 Å². The average Bonchev–Trinajstić information content (AvgIpc) is 2.13. The van der Waals surface area contributed by atoms with Gasteiger partial charge >= 0.3 is 18.3 Å². The molecule has 0 heterocycles. The maximum Gasteiger partial charge on any atom is 0.492 e. The summed E-state index contributed by atoms with van der Waals surface area (Å²) in [5.41, 5.74) is 0. The molecule has 0 N–H and O–H groups in total. The molecule has 0 fully saturated rings. The van der Waals surface area contributed by atoms with Crippen molar-refractivity contribution in [1.29, 1.82) is 0 Å². The molecule has 0 aliphatic carbocycles. The number of nitrogens with zero attached hydrogens (tertiary/aromatic N) is 1. The summed E-state index contributed by atoms with van der Waals surface area (Å²) in [6, 6.07) is -6.06. The molecule has 16 heavy (non-hydrogen) atoms. The molecule has 0 spiro atoms. The van der Waals surface area contributed by atoms with Gasteiger partial charge in [-0.15, -0.1) is 4.48 Å². The summed E-state index contributed by atoms with van der Waals surface area (Å²) in [5, 5.41) is -3.22. The lowest BCUT2D eigenvalue weighted by molar-refractivity contribution is -0.419. The van der Waals surface area contributed by atoms with Crippen LogP contribution in [-0.2, 0) is 0 Å². The second-order valence-electron chi connectivity index (χ2n) is 2.58. The maximum atomic E-state index is 12.4. The third kappa shape index (κ3) is 2.80. The predicted molar refractivity (Wildman–Crippen MR) is 34.0 cm³/mol. The number of alkyl halides is 8. The summed E-state index contributed by atoms with van der Waals surface area (Å²) in [4.78, 5) is 0. The molecule has 0 bridgehead atoms. The number of allylic oxidation sites excluding steroid dienone is 1. The second kappa shape index (κ2) is 4.15. The highest BCUT2D eigenvalue weighted by Gasteiger charge is 2.65. The Hall–Kier alpha value is -0.930. The summed E-state index contributed by atoms with van der Waals surface area (Å²) in [6.45, 7) is 2.24. The largest absolute Gasteiger partial charge is 0.492 e. The van der Waals surface area contributed by atoms with Crippen molar-refractivity contribution in [2.24, 2.45) is 0 Å². The molecule has 96 valence electrons. The molecule has 1 atom stereocenters. The summed E-state index contributed by atoms with van der Waals surface area (Å²) in [5.74, 6) is -5.00. The molecule has 0 aliphatic rings. The van der Waals surface area contributed by atoms with Gasteiger partial charge in [0.2, 0.25) is 6.17 Å². The van der Waals surface area contributed by atoms with Crippen LogP contribution in [0.2, 0.25) is 0 Å². The van der Waals surface area contributed by atoms with E-state index in [9.17, 15) is 39.6 Å². The molecule has 0 saturated heterocycles. The van der Waals surface area contributed by atoms with Crippen LogP contribution in [0.15, 0.2) is 12.7 Å². The lowest BCUT2D eigenvalue weighted by atomic mass is 10.1. The van der Waals surface area contributed by atoms with Crippen molar-refractivity contribution in [3.8, 4) is 0 Å². The third-order valence-corrected chi connectivity index (χ3v) is 1.40. The molecule has 0 rings (SSSR count). The van der Waals surface area contributed by atoms with E-state index < -0.39 is 35.6 Å². The summed E-state index contributed by atoms with van der Waals surface area (Å²) < 4.78 is 108. The van der Waals surface area contributed by atoms with E-state index in [2.05, 4.69) is 6.58 Å². The van der Waals surface area contributed by atoms with E-state index in [0.29, 0.717) is 0 Å². The highest BCUT2D eigenvalue weighted by molar-refractivity contribution is 4.98. The quantitative estimate of drug-likeness (QED) is 0.324. The minimum absolute atomic E-state index is 0.643. The van der Waals surface area contributed by atoms with Crippen molar-refractivity contribution in [3.05, 3.63) is 12.7 Å². The molecule has 0 amide bonds. The molecule has 10 heteroatoms. The van der Waals surface area contributed by atoms with Crippen LogP contribution in [0.4, 0.5) is 39.6 Å². The molecule has 0 aromatic carbocycles. The van der Waals surface area contributed by atoms with Crippen molar-refractivity contribution in [1.82, 2.24) is 5.12 Å². The summed E-state index contributed by atoms with van der Waals surface area (Å²) in [7, 11) is 0. The minimum Gasteiger partial charge on any atom is -0.232 e. The monoisotopic (exact) mass is 261 g/mol. The Bertz CT molecular complexity index is 257. The highest BCUT2D eigenvalue weighted by atomic mass is 19.4. The van der Waals surface area contributed by atoms with Crippen molar-refractivity contribution < 1.29 is 39.6 Å². The highest BCUT2D eigenvalue weighted by Crippen LogP contribution is 2.41. The fraction of sp³-hybridized carbons (Fsp3) is 0.667. The van der Waals surface area contributed by atoms with Gasteiger partial charge in [0.1, 0.15) is 0 Å². The smallest absolute Gasteiger partial charge is 0.232 e. The van der Waals surface area contributed by atoms with E-state index in [1.807, 2.05) is 0 Å². The Labute approximate surface area is 83.1 Å². The zero-order chi connectivity index (χ0) is 13.4. The molecule has 0 aliphatic heterocycles. The topological polar surface area (TPSA) is 3.24 Å². The van der Waals surface area contributed by atoms with Gasteiger partial charge in [0.05, 0.1) is 0 Å².